The van der Waals surface area contributed by atoms with Gasteiger partial charge in [-0.1, -0.05) is 13.8 Å². The molecule has 0 aromatic heterocycles. The molecule has 0 fully saturated rings. The molecule has 0 aliphatic rings. The summed E-state index contributed by atoms with van der Waals surface area (Å²) in [4.78, 5) is 75.2. The summed E-state index contributed by atoms with van der Waals surface area (Å²) in [5.74, 6) is -7.19. The molecule has 0 saturated carbocycles. The number of aliphatic carboxylic acids is 3. The van der Waals surface area contributed by atoms with Gasteiger partial charge in [-0.25, -0.2) is 4.79 Å². The third-order valence-electron chi connectivity index (χ3n) is 4.92. The van der Waals surface area contributed by atoms with E-state index in [9.17, 15) is 33.9 Å². The zero-order valence-corrected chi connectivity index (χ0v) is 20.8. The van der Waals surface area contributed by atoms with Crippen LogP contribution in [0.4, 0.5) is 0 Å². The summed E-state index contributed by atoms with van der Waals surface area (Å²) >= 11 is 0. The average molecular weight is 532 g/mol. The molecule has 0 heterocycles. The first-order valence-corrected chi connectivity index (χ1v) is 11.5. The summed E-state index contributed by atoms with van der Waals surface area (Å²) in [7, 11) is 0. The number of nitrogens with one attached hydrogen (secondary N) is 3. The van der Waals surface area contributed by atoms with Crippen molar-refractivity contribution < 1.29 is 44.1 Å². The Hall–Kier alpha value is -3.95. The largest absolute Gasteiger partial charge is 0.481 e. The second-order valence-electron chi connectivity index (χ2n) is 8.74. The third kappa shape index (κ3) is 14.9. The Labute approximate surface area is 213 Å². The Morgan fingerprint density at radius 3 is 1.81 bits per heavy atom. The van der Waals surface area contributed by atoms with Crippen LogP contribution < -0.4 is 33.2 Å². The maximum atomic E-state index is 12.9. The van der Waals surface area contributed by atoms with Crippen molar-refractivity contribution in [3.63, 3.8) is 0 Å². The SMILES string of the molecule is CC(C)CC(NC(=O)C(N)CCCN=C(N)N)C(=O)NC(CC(=O)O)C(=O)NC(CCC(=O)O)C(=O)O. The van der Waals surface area contributed by atoms with Gasteiger partial charge >= 0.3 is 17.9 Å². The van der Waals surface area contributed by atoms with E-state index in [1.54, 1.807) is 13.8 Å². The number of hydrogen-bond donors (Lipinski definition) is 9. The van der Waals surface area contributed by atoms with Crippen LogP contribution in [0.5, 0.6) is 0 Å². The van der Waals surface area contributed by atoms with Crippen molar-refractivity contribution in [2.75, 3.05) is 6.54 Å². The van der Waals surface area contributed by atoms with Crippen molar-refractivity contribution >= 4 is 41.6 Å². The van der Waals surface area contributed by atoms with Gasteiger partial charge in [-0.15, -0.1) is 0 Å². The van der Waals surface area contributed by atoms with Gasteiger partial charge in [0.2, 0.25) is 17.7 Å². The number of carboxylic acid groups (broad SMARTS) is 3. The molecule has 16 heteroatoms. The number of guanidine groups is 1. The van der Waals surface area contributed by atoms with E-state index < -0.39 is 79.1 Å². The van der Waals surface area contributed by atoms with E-state index in [2.05, 4.69) is 15.6 Å². The second-order valence-corrected chi connectivity index (χ2v) is 8.74. The van der Waals surface area contributed by atoms with Gasteiger partial charge in [0.25, 0.3) is 0 Å². The normalized spacial score (nSPS) is 13.9. The van der Waals surface area contributed by atoms with Crippen LogP contribution in [-0.2, 0) is 28.8 Å². The molecule has 0 aromatic carbocycles. The quantitative estimate of drug-likeness (QED) is 0.0495. The molecule has 0 bridgehead atoms. The van der Waals surface area contributed by atoms with Gasteiger partial charge in [-0.3, -0.25) is 29.0 Å². The van der Waals surface area contributed by atoms with Crippen LogP contribution in [0.1, 0.15) is 52.4 Å². The standard InChI is InChI=1S/C21H37N7O9/c1-10(2)8-13(27-17(33)11(22)4-3-7-25-21(23)24)18(34)28-14(9-16(31)32)19(35)26-12(20(36)37)5-6-15(29)30/h10-14H,3-9,22H2,1-2H3,(H,26,35)(H,27,33)(H,28,34)(H,29,30)(H,31,32)(H,36,37)(H4,23,24,25). The van der Waals surface area contributed by atoms with E-state index in [4.69, 9.17) is 27.4 Å². The summed E-state index contributed by atoms with van der Waals surface area (Å²) in [6.45, 7) is 3.78. The molecule has 37 heavy (non-hydrogen) atoms. The minimum Gasteiger partial charge on any atom is -0.481 e. The molecular weight excluding hydrogens is 494 g/mol. The molecule has 0 radical (unpaired) electrons. The van der Waals surface area contributed by atoms with Gasteiger partial charge in [-0.05, 0) is 31.6 Å². The van der Waals surface area contributed by atoms with Gasteiger partial charge in [0.15, 0.2) is 5.96 Å². The van der Waals surface area contributed by atoms with Crippen molar-refractivity contribution in [3.8, 4) is 0 Å². The van der Waals surface area contributed by atoms with Crippen molar-refractivity contribution in [1.82, 2.24) is 16.0 Å². The number of carbonyl (C=O) groups is 6. The predicted octanol–water partition coefficient (Wildman–Crippen LogP) is -2.71. The van der Waals surface area contributed by atoms with Crippen LogP contribution in [0, 0.1) is 5.92 Å². The highest BCUT2D eigenvalue weighted by Crippen LogP contribution is 2.08. The van der Waals surface area contributed by atoms with Gasteiger partial charge in [0, 0.05) is 13.0 Å². The Bertz CT molecular complexity index is 859. The molecule has 210 valence electrons. The van der Waals surface area contributed by atoms with Crippen LogP contribution in [0.25, 0.3) is 0 Å². The van der Waals surface area contributed by atoms with Crippen LogP contribution in [0.2, 0.25) is 0 Å². The third-order valence-corrected chi connectivity index (χ3v) is 4.92. The number of carboxylic acids is 3. The molecule has 4 unspecified atom stereocenters. The molecule has 12 N–H and O–H groups in total. The molecule has 0 aromatic rings. The number of amides is 3. The number of aliphatic imine (C=N–C) groups is 1. The zero-order valence-electron chi connectivity index (χ0n) is 20.8. The fourth-order valence-corrected chi connectivity index (χ4v) is 3.09. The number of nitrogens with zero attached hydrogens (tertiary/aromatic N) is 1. The lowest BCUT2D eigenvalue weighted by atomic mass is 10.0. The summed E-state index contributed by atoms with van der Waals surface area (Å²) < 4.78 is 0. The number of hydrogen-bond acceptors (Lipinski definition) is 8. The van der Waals surface area contributed by atoms with Gasteiger partial charge in [0.1, 0.15) is 18.1 Å². The summed E-state index contributed by atoms with van der Waals surface area (Å²) in [6, 6.07) is -5.50. The lowest BCUT2D eigenvalue weighted by Crippen LogP contribution is -2.57. The van der Waals surface area contributed by atoms with Crippen molar-refractivity contribution in [1.29, 1.82) is 0 Å². The molecule has 4 atom stereocenters. The minimum atomic E-state index is -1.70. The Kier molecular flexibility index (Phi) is 14.9. The van der Waals surface area contributed by atoms with E-state index in [0.717, 1.165) is 0 Å². The average Bonchev–Trinajstić information content (AvgIpc) is 2.76. The first kappa shape index (κ1) is 33.0. The van der Waals surface area contributed by atoms with Crippen molar-refractivity contribution in [2.45, 2.75) is 76.5 Å². The van der Waals surface area contributed by atoms with Crippen LogP contribution in [-0.4, -0.2) is 87.6 Å². The molecule has 3 amide bonds. The van der Waals surface area contributed by atoms with Crippen molar-refractivity contribution in [2.24, 2.45) is 28.1 Å². The van der Waals surface area contributed by atoms with Crippen LogP contribution in [0.3, 0.4) is 0 Å². The number of carbonyl (C=O) groups excluding carboxylic acids is 3. The van der Waals surface area contributed by atoms with Crippen LogP contribution >= 0.6 is 0 Å². The fourth-order valence-electron chi connectivity index (χ4n) is 3.09. The van der Waals surface area contributed by atoms with Gasteiger partial charge < -0.3 is 48.5 Å². The molecule has 0 spiro atoms. The first-order valence-electron chi connectivity index (χ1n) is 11.5. The maximum Gasteiger partial charge on any atom is 0.326 e. The van der Waals surface area contributed by atoms with E-state index >= 15 is 0 Å². The number of rotatable bonds is 18. The topological polar surface area (TPSA) is 290 Å². The lowest BCUT2D eigenvalue weighted by molar-refractivity contribution is -0.144. The summed E-state index contributed by atoms with van der Waals surface area (Å²) in [5.41, 5.74) is 16.3. The van der Waals surface area contributed by atoms with E-state index in [-0.39, 0.29) is 31.3 Å². The minimum absolute atomic E-state index is 0.103. The fraction of sp³-hybridized carbons (Fsp3) is 0.667. The summed E-state index contributed by atoms with van der Waals surface area (Å²) in [6.07, 6.45) is -1.21. The molecular formula is C21H37N7O9. The highest BCUT2D eigenvalue weighted by molar-refractivity contribution is 5.95. The predicted molar refractivity (Wildman–Crippen MR) is 130 cm³/mol. The molecule has 16 nitrogen and oxygen atoms in total. The van der Waals surface area contributed by atoms with E-state index in [1.165, 1.54) is 0 Å². The Morgan fingerprint density at radius 2 is 1.32 bits per heavy atom. The molecule has 0 rings (SSSR count). The number of nitrogens with two attached hydrogens (primary N) is 3. The molecule has 0 aliphatic heterocycles. The van der Waals surface area contributed by atoms with E-state index in [0.29, 0.717) is 6.42 Å². The van der Waals surface area contributed by atoms with Crippen molar-refractivity contribution in [3.05, 3.63) is 0 Å². The van der Waals surface area contributed by atoms with E-state index in [1.807, 2.05) is 5.32 Å². The summed E-state index contributed by atoms with van der Waals surface area (Å²) in [5, 5.41) is 33.9. The molecule has 0 aliphatic carbocycles. The monoisotopic (exact) mass is 531 g/mol. The first-order chi connectivity index (χ1) is 17.1. The second kappa shape index (κ2) is 16.7. The maximum absolute atomic E-state index is 12.9. The Balaban J connectivity index is 5.44. The smallest absolute Gasteiger partial charge is 0.326 e. The highest BCUT2D eigenvalue weighted by atomic mass is 16.4. The van der Waals surface area contributed by atoms with Gasteiger partial charge in [-0.2, -0.15) is 0 Å². The zero-order chi connectivity index (χ0) is 28.7. The molecule has 0 saturated heterocycles. The Morgan fingerprint density at radius 1 is 0.784 bits per heavy atom. The van der Waals surface area contributed by atoms with Crippen LogP contribution in [0.15, 0.2) is 4.99 Å². The van der Waals surface area contributed by atoms with Gasteiger partial charge in [0.05, 0.1) is 12.5 Å². The lowest BCUT2D eigenvalue weighted by Gasteiger charge is -2.25. The highest BCUT2D eigenvalue weighted by Gasteiger charge is 2.32.